The van der Waals surface area contributed by atoms with Crippen molar-refractivity contribution in [2.24, 2.45) is 0 Å². The normalized spacial score (nSPS) is 14.3. The molecule has 1 aliphatic heterocycles. The van der Waals surface area contributed by atoms with Crippen molar-refractivity contribution in [2.45, 2.75) is 0 Å². The number of nitrogens with zero attached hydrogens (tertiary/aromatic N) is 5. The van der Waals surface area contributed by atoms with Crippen molar-refractivity contribution in [3.8, 4) is 0 Å². The summed E-state index contributed by atoms with van der Waals surface area (Å²) in [7, 11) is 0. The van der Waals surface area contributed by atoms with Gasteiger partial charge in [0.25, 0.3) is 5.69 Å². The molecule has 0 bridgehead atoms. The number of rotatable bonds is 4. The zero-order valence-corrected chi connectivity index (χ0v) is 14.4. The number of nitrogens with one attached hydrogen (secondary N) is 1. The Labute approximate surface area is 154 Å². The number of para-hydroxylation sites is 1. The molecule has 2 aromatic carbocycles. The molecule has 2 heterocycles. The lowest BCUT2D eigenvalue weighted by molar-refractivity contribution is -0.384. The number of halogens is 1. The Hall–Kier alpha value is -3.33. The van der Waals surface area contributed by atoms with Gasteiger partial charge in [-0.2, -0.15) is 5.12 Å². The van der Waals surface area contributed by atoms with E-state index in [1.165, 1.54) is 12.4 Å². The maximum absolute atomic E-state index is 14.9. The molecule has 0 saturated carbocycles. The molecular formula is C18H17FN6O2. The highest BCUT2D eigenvalue weighted by Gasteiger charge is 2.25. The molecule has 4 rings (SSSR count). The largest absolute Gasteiger partial charge is 0.363 e. The van der Waals surface area contributed by atoms with E-state index in [4.69, 9.17) is 0 Å². The summed E-state index contributed by atoms with van der Waals surface area (Å²) >= 11 is 0. The standard InChI is InChI=1S/C18H17FN6O2/c19-24(13-4-2-1-3-5-13)18-14-10-17(25(26)27)16(11-15(14)21-12-22-18)23-8-6-20-7-9-23/h1-5,10-12,20H,6-9H2. The van der Waals surface area contributed by atoms with Crippen LogP contribution in [0.5, 0.6) is 0 Å². The fourth-order valence-corrected chi connectivity index (χ4v) is 3.21. The van der Waals surface area contributed by atoms with Gasteiger partial charge in [-0.25, -0.2) is 9.97 Å². The molecule has 1 fully saturated rings. The maximum Gasteiger partial charge on any atom is 0.293 e. The Bertz CT molecular complexity index is 978. The molecule has 3 aromatic rings. The molecule has 1 aromatic heterocycles. The molecule has 27 heavy (non-hydrogen) atoms. The van der Waals surface area contributed by atoms with Crippen LogP contribution in [0, 0.1) is 10.1 Å². The summed E-state index contributed by atoms with van der Waals surface area (Å²) in [5.74, 6) is -0.0267. The van der Waals surface area contributed by atoms with Gasteiger partial charge in [-0.05, 0) is 18.2 Å². The van der Waals surface area contributed by atoms with Crippen molar-refractivity contribution in [3.63, 3.8) is 0 Å². The molecular weight excluding hydrogens is 351 g/mol. The summed E-state index contributed by atoms with van der Waals surface area (Å²) in [6, 6.07) is 11.4. The minimum absolute atomic E-state index is 0.0267. The second kappa shape index (κ2) is 7.12. The SMILES string of the molecule is O=[N+]([O-])c1cc2c(N(F)c3ccccc3)ncnc2cc1N1CCNCC1. The summed E-state index contributed by atoms with van der Waals surface area (Å²) in [5.41, 5.74) is 1.15. The van der Waals surface area contributed by atoms with Crippen LogP contribution in [0.15, 0.2) is 48.8 Å². The van der Waals surface area contributed by atoms with Crippen LogP contribution in [0.2, 0.25) is 0 Å². The molecule has 1 aliphatic rings. The van der Waals surface area contributed by atoms with E-state index >= 15 is 0 Å². The Kier molecular flexibility index (Phi) is 4.51. The summed E-state index contributed by atoms with van der Waals surface area (Å²) in [6.07, 6.45) is 1.26. The Morgan fingerprint density at radius 1 is 1.15 bits per heavy atom. The van der Waals surface area contributed by atoms with E-state index < -0.39 is 4.92 Å². The van der Waals surface area contributed by atoms with E-state index in [9.17, 15) is 14.6 Å². The van der Waals surface area contributed by atoms with Gasteiger partial charge in [0.05, 0.1) is 21.5 Å². The van der Waals surface area contributed by atoms with Gasteiger partial charge in [0, 0.05) is 32.2 Å². The Balaban J connectivity index is 1.85. The monoisotopic (exact) mass is 368 g/mol. The second-order valence-electron chi connectivity index (χ2n) is 6.17. The van der Waals surface area contributed by atoms with E-state index in [2.05, 4.69) is 15.3 Å². The summed E-state index contributed by atoms with van der Waals surface area (Å²) in [6.45, 7) is 2.81. The molecule has 1 saturated heterocycles. The van der Waals surface area contributed by atoms with Gasteiger partial charge in [-0.15, -0.1) is 0 Å². The molecule has 9 heteroatoms. The van der Waals surface area contributed by atoms with Gasteiger partial charge in [0.1, 0.15) is 12.0 Å². The Morgan fingerprint density at radius 3 is 2.59 bits per heavy atom. The first-order valence-electron chi connectivity index (χ1n) is 8.55. The maximum atomic E-state index is 14.9. The zero-order chi connectivity index (χ0) is 18.8. The first-order chi connectivity index (χ1) is 13.1. The van der Waals surface area contributed by atoms with Crippen molar-refractivity contribution in [2.75, 3.05) is 36.2 Å². The van der Waals surface area contributed by atoms with Gasteiger partial charge >= 0.3 is 0 Å². The lowest BCUT2D eigenvalue weighted by Gasteiger charge is -2.29. The van der Waals surface area contributed by atoms with Crippen molar-refractivity contribution >= 4 is 33.8 Å². The predicted octanol–water partition coefficient (Wildman–Crippen LogP) is 2.97. The smallest absolute Gasteiger partial charge is 0.293 e. The number of aromatic nitrogens is 2. The van der Waals surface area contributed by atoms with Gasteiger partial charge in [0.2, 0.25) is 0 Å². The number of benzene rings is 2. The number of hydrogen-bond donors (Lipinski definition) is 1. The predicted molar refractivity (Wildman–Crippen MR) is 101 cm³/mol. The summed E-state index contributed by atoms with van der Waals surface area (Å²) in [4.78, 5) is 21.4. The molecule has 0 radical (unpaired) electrons. The highest BCUT2D eigenvalue weighted by Crippen LogP contribution is 2.37. The van der Waals surface area contributed by atoms with E-state index in [1.54, 1.807) is 36.4 Å². The molecule has 0 unspecified atom stereocenters. The fraction of sp³-hybridized carbons (Fsp3) is 0.222. The average molecular weight is 368 g/mol. The molecule has 0 atom stereocenters. The van der Waals surface area contributed by atoms with Gasteiger partial charge in [-0.3, -0.25) is 10.1 Å². The van der Waals surface area contributed by atoms with Crippen molar-refractivity contribution in [3.05, 3.63) is 58.9 Å². The summed E-state index contributed by atoms with van der Waals surface area (Å²) < 4.78 is 14.9. The van der Waals surface area contributed by atoms with Crippen LogP contribution in [-0.2, 0) is 0 Å². The molecule has 8 nitrogen and oxygen atoms in total. The van der Waals surface area contributed by atoms with Crippen LogP contribution in [0.25, 0.3) is 10.9 Å². The zero-order valence-electron chi connectivity index (χ0n) is 14.4. The average Bonchev–Trinajstić information content (AvgIpc) is 2.73. The number of piperazine rings is 1. The van der Waals surface area contributed by atoms with Crippen LogP contribution in [-0.4, -0.2) is 41.1 Å². The highest BCUT2D eigenvalue weighted by atomic mass is 19.2. The fourth-order valence-electron chi connectivity index (χ4n) is 3.21. The number of anilines is 3. The van der Waals surface area contributed by atoms with Crippen LogP contribution in [0.1, 0.15) is 0 Å². The number of fused-ring (bicyclic) bond motifs is 1. The number of nitro groups is 1. The quantitative estimate of drug-likeness (QED) is 0.430. The molecule has 138 valence electrons. The first kappa shape index (κ1) is 17.1. The van der Waals surface area contributed by atoms with Gasteiger partial charge in [-0.1, -0.05) is 22.7 Å². The van der Waals surface area contributed by atoms with Crippen molar-refractivity contribution in [1.82, 2.24) is 15.3 Å². The Morgan fingerprint density at radius 2 is 1.89 bits per heavy atom. The third-order valence-electron chi connectivity index (χ3n) is 4.53. The third kappa shape index (κ3) is 3.24. The topological polar surface area (TPSA) is 87.4 Å². The summed E-state index contributed by atoms with van der Waals surface area (Å²) in [5, 5.41) is 15.6. The van der Waals surface area contributed by atoms with Gasteiger partial charge in [0.15, 0.2) is 5.82 Å². The van der Waals surface area contributed by atoms with Crippen molar-refractivity contribution in [1.29, 1.82) is 0 Å². The van der Waals surface area contributed by atoms with E-state index in [0.29, 0.717) is 29.4 Å². The molecule has 0 aliphatic carbocycles. The number of hydrogen-bond acceptors (Lipinski definition) is 7. The molecule has 0 spiro atoms. The third-order valence-corrected chi connectivity index (χ3v) is 4.53. The second-order valence-corrected chi connectivity index (χ2v) is 6.17. The lowest BCUT2D eigenvalue weighted by Crippen LogP contribution is -2.43. The molecule has 1 N–H and O–H groups in total. The van der Waals surface area contributed by atoms with E-state index in [-0.39, 0.29) is 22.6 Å². The van der Waals surface area contributed by atoms with Crippen LogP contribution >= 0.6 is 0 Å². The minimum atomic E-state index is -0.446. The van der Waals surface area contributed by atoms with Crippen LogP contribution < -0.4 is 15.3 Å². The van der Waals surface area contributed by atoms with Crippen LogP contribution in [0.3, 0.4) is 0 Å². The highest BCUT2D eigenvalue weighted by molar-refractivity contribution is 5.96. The van der Waals surface area contributed by atoms with E-state index in [1.807, 2.05) is 4.90 Å². The van der Waals surface area contributed by atoms with Gasteiger partial charge < -0.3 is 10.2 Å². The lowest BCUT2D eigenvalue weighted by atomic mass is 10.1. The minimum Gasteiger partial charge on any atom is -0.363 e. The van der Waals surface area contributed by atoms with Crippen LogP contribution in [0.4, 0.5) is 27.4 Å². The first-order valence-corrected chi connectivity index (χ1v) is 8.55. The van der Waals surface area contributed by atoms with Crippen molar-refractivity contribution < 1.29 is 9.40 Å². The molecule has 0 amide bonds. The number of nitro benzene ring substituents is 1. The van der Waals surface area contributed by atoms with E-state index in [0.717, 1.165) is 13.1 Å².